The quantitative estimate of drug-likeness (QED) is 0.742. The molecule has 72 valence electrons. The van der Waals surface area contributed by atoms with Gasteiger partial charge in [0.15, 0.2) is 0 Å². The van der Waals surface area contributed by atoms with Gasteiger partial charge in [-0.05, 0) is 30.5 Å². The minimum Gasteiger partial charge on any atom is -0.357 e. The molecule has 0 aliphatic heterocycles. The maximum absolute atomic E-state index is 6.01. The van der Waals surface area contributed by atoms with E-state index in [2.05, 4.69) is 39.1 Å². The summed E-state index contributed by atoms with van der Waals surface area (Å²) in [5.41, 5.74) is 9.85. The molecule has 1 aliphatic carbocycles. The fraction of sp³-hybridized carbons (Fsp3) is 0.273. The van der Waals surface area contributed by atoms with Crippen molar-refractivity contribution in [2.24, 2.45) is 5.73 Å². The molecule has 0 saturated heterocycles. The van der Waals surface area contributed by atoms with E-state index >= 15 is 0 Å². The molecule has 3 rings (SSSR count). The van der Waals surface area contributed by atoms with Gasteiger partial charge in [-0.1, -0.05) is 22.0 Å². The summed E-state index contributed by atoms with van der Waals surface area (Å²) < 4.78 is 1.11. The zero-order valence-electron chi connectivity index (χ0n) is 7.68. The second kappa shape index (κ2) is 2.84. The molecule has 2 aromatic rings. The number of hydrogen-bond donors (Lipinski definition) is 2. The van der Waals surface area contributed by atoms with Crippen molar-refractivity contribution in [1.82, 2.24) is 4.98 Å². The van der Waals surface area contributed by atoms with Crippen molar-refractivity contribution < 1.29 is 0 Å². The number of aromatic nitrogens is 1. The topological polar surface area (TPSA) is 41.8 Å². The van der Waals surface area contributed by atoms with Crippen LogP contribution in [0.3, 0.4) is 0 Å². The normalized spacial score (nSPS) is 20.3. The van der Waals surface area contributed by atoms with Gasteiger partial charge in [0.05, 0.1) is 0 Å². The van der Waals surface area contributed by atoms with Crippen molar-refractivity contribution in [3.8, 4) is 0 Å². The summed E-state index contributed by atoms with van der Waals surface area (Å²) in [4.78, 5) is 3.41. The summed E-state index contributed by atoms with van der Waals surface area (Å²) in [5, 5.41) is 1.33. The second-order valence-electron chi connectivity index (χ2n) is 3.85. The Bertz CT molecular complexity index is 501. The van der Waals surface area contributed by atoms with E-state index in [-0.39, 0.29) is 6.04 Å². The molecule has 0 fully saturated rings. The molecule has 1 atom stereocenters. The average Bonchev–Trinajstić information content (AvgIpc) is 2.66. The maximum Gasteiger partial charge on any atom is 0.0470 e. The van der Waals surface area contributed by atoms with E-state index in [0.717, 1.165) is 17.3 Å². The van der Waals surface area contributed by atoms with Gasteiger partial charge in [0.25, 0.3) is 0 Å². The number of hydrogen-bond acceptors (Lipinski definition) is 1. The molecule has 0 saturated carbocycles. The highest BCUT2D eigenvalue weighted by molar-refractivity contribution is 9.10. The lowest BCUT2D eigenvalue weighted by molar-refractivity contribution is 0.699. The Hall–Kier alpha value is -0.800. The summed E-state index contributed by atoms with van der Waals surface area (Å²) in [6.07, 6.45) is 2.19. The van der Waals surface area contributed by atoms with Gasteiger partial charge in [-0.25, -0.2) is 0 Å². The van der Waals surface area contributed by atoms with Crippen molar-refractivity contribution >= 4 is 26.8 Å². The number of H-pyrrole nitrogens is 1. The van der Waals surface area contributed by atoms with E-state index in [1.807, 2.05) is 0 Å². The number of benzene rings is 1. The molecule has 1 aromatic heterocycles. The average molecular weight is 251 g/mol. The summed E-state index contributed by atoms with van der Waals surface area (Å²) in [6.45, 7) is 0. The van der Waals surface area contributed by atoms with Gasteiger partial charge < -0.3 is 10.7 Å². The lowest BCUT2D eigenvalue weighted by Gasteiger charge is -1.99. The molecular formula is C11H11BrN2. The van der Waals surface area contributed by atoms with Gasteiger partial charge in [-0.15, -0.1) is 0 Å². The minimum atomic E-state index is 0.205. The highest BCUT2D eigenvalue weighted by atomic mass is 79.9. The lowest BCUT2D eigenvalue weighted by Crippen LogP contribution is -2.05. The SMILES string of the molecule is NC1CCc2c1[nH]c1cc(Br)ccc21. The van der Waals surface area contributed by atoms with Crippen LogP contribution in [0.15, 0.2) is 22.7 Å². The minimum absolute atomic E-state index is 0.205. The van der Waals surface area contributed by atoms with Gasteiger partial charge in [0, 0.05) is 27.1 Å². The Balaban J connectivity index is 2.34. The Labute approximate surface area is 90.6 Å². The van der Waals surface area contributed by atoms with Crippen LogP contribution in [0, 0.1) is 0 Å². The van der Waals surface area contributed by atoms with E-state index in [9.17, 15) is 0 Å². The molecule has 0 spiro atoms. The Kier molecular flexibility index (Phi) is 1.73. The van der Waals surface area contributed by atoms with Crippen molar-refractivity contribution in [3.05, 3.63) is 33.9 Å². The van der Waals surface area contributed by atoms with Gasteiger partial charge >= 0.3 is 0 Å². The summed E-state index contributed by atoms with van der Waals surface area (Å²) >= 11 is 3.47. The predicted octanol–water partition coefficient (Wildman–Crippen LogP) is 2.88. The molecule has 0 bridgehead atoms. The largest absolute Gasteiger partial charge is 0.357 e. The van der Waals surface area contributed by atoms with Gasteiger partial charge in [-0.3, -0.25) is 0 Å². The molecule has 3 N–H and O–H groups in total. The van der Waals surface area contributed by atoms with Crippen LogP contribution < -0.4 is 5.73 Å². The molecule has 1 aliphatic rings. The molecule has 0 radical (unpaired) electrons. The first-order valence-electron chi connectivity index (χ1n) is 4.81. The van der Waals surface area contributed by atoms with E-state index in [4.69, 9.17) is 5.73 Å². The van der Waals surface area contributed by atoms with Crippen molar-refractivity contribution in [1.29, 1.82) is 0 Å². The molecule has 14 heavy (non-hydrogen) atoms. The van der Waals surface area contributed by atoms with Gasteiger partial charge in [-0.2, -0.15) is 0 Å². The fourth-order valence-corrected chi connectivity index (χ4v) is 2.64. The molecule has 2 nitrogen and oxygen atoms in total. The van der Waals surface area contributed by atoms with E-state index in [0.29, 0.717) is 0 Å². The zero-order valence-corrected chi connectivity index (χ0v) is 9.26. The number of aryl methyl sites for hydroxylation is 1. The number of fused-ring (bicyclic) bond motifs is 3. The Morgan fingerprint density at radius 2 is 2.29 bits per heavy atom. The highest BCUT2D eigenvalue weighted by Crippen LogP contribution is 2.35. The fourth-order valence-electron chi connectivity index (χ4n) is 2.28. The Morgan fingerprint density at radius 3 is 3.14 bits per heavy atom. The third-order valence-electron chi connectivity index (χ3n) is 2.98. The van der Waals surface area contributed by atoms with Crippen LogP contribution >= 0.6 is 15.9 Å². The molecule has 0 amide bonds. The number of nitrogens with one attached hydrogen (secondary N) is 1. The van der Waals surface area contributed by atoms with Crippen molar-refractivity contribution in [3.63, 3.8) is 0 Å². The highest BCUT2D eigenvalue weighted by Gasteiger charge is 2.23. The molecule has 1 aromatic carbocycles. The van der Waals surface area contributed by atoms with Crippen LogP contribution in [0.5, 0.6) is 0 Å². The lowest BCUT2D eigenvalue weighted by atomic mass is 10.1. The third kappa shape index (κ3) is 1.06. The maximum atomic E-state index is 6.01. The smallest absolute Gasteiger partial charge is 0.0470 e. The van der Waals surface area contributed by atoms with Crippen LogP contribution in [0.1, 0.15) is 23.7 Å². The van der Waals surface area contributed by atoms with Crippen LogP contribution in [0.4, 0.5) is 0 Å². The zero-order chi connectivity index (χ0) is 9.71. The monoisotopic (exact) mass is 250 g/mol. The molecule has 3 heteroatoms. The van der Waals surface area contributed by atoms with E-state index in [1.165, 1.54) is 22.2 Å². The number of nitrogens with two attached hydrogens (primary N) is 1. The third-order valence-corrected chi connectivity index (χ3v) is 3.47. The Morgan fingerprint density at radius 1 is 1.43 bits per heavy atom. The summed E-state index contributed by atoms with van der Waals surface area (Å²) in [5.74, 6) is 0. The molecule has 1 unspecified atom stereocenters. The van der Waals surface area contributed by atoms with Crippen LogP contribution in [0.2, 0.25) is 0 Å². The predicted molar refractivity (Wildman–Crippen MR) is 61.2 cm³/mol. The molecular weight excluding hydrogens is 240 g/mol. The summed E-state index contributed by atoms with van der Waals surface area (Å²) in [7, 11) is 0. The number of rotatable bonds is 0. The first-order chi connectivity index (χ1) is 6.75. The first kappa shape index (κ1) is 8.50. The van der Waals surface area contributed by atoms with Crippen molar-refractivity contribution in [2.45, 2.75) is 18.9 Å². The number of halogens is 1. The number of aromatic amines is 1. The van der Waals surface area contributed by atoms with Crippen molar-refractivity contribution in [2.75, 3.05) is 0 Å². The summed E-state index contributed by atoms with van der Waals surface area (Å²) in [6, 6.07) is 6.56. The van der Waals surface area contributed by atoms with E-state index in [1.54, 1.807) is 0 Å². The van der Waals surface area contributed by atoms with Crippen LogP contribution in [-0.4, -0.2) is 4.98 Å². The van der Waals surface area contributed by atoms with Crippen LogP contribution in [0.25, 0.3) is 10.9 Å². The van der Waals surface area contributed by atoms with Gasteiger partial charge in [0.2, 0.25) is 0 Å². The van der Waals surface area contributed by atoms with Crippen LogP contribution in [-0.2, 0) is 6.42 Å². The van der Waals surface area contributed by atoms with Gasteiger partial charge in [0.1, 0.15) is 0 Å². The first-order valence-corrected chi connectivity index (χ1v) is 5.60. The van der Waals surface area contributed by atoms with E-state index < -0.39 is 0 Å². The standard InChI is InChI=1S/C11H11BrN2/c12-6-1-2-7-8-3-4-9(13)11(8)14-10(7)5-6/h1-2,5,9,14H,3-4,13H2. The molecule has 1 heterocycles. The second-order valence-corrected chi connectivity index (χ2v) is 4.77.